The Morgan fingerprint density at radius 1 is 1.28 bits per heavy atom. The highest BCUT2D eigenvalue weighted by molar-refractivity contribution is 6.33. The van der Waals surface area contributed by atoms with Crippen molar-refractivity contribution < 1.29 is 4.79 Å². The Kier molecular flexibility index (Phi) is 4.66. The molecule has 1 aliphatic carbocycles. The molecule has 1 fully saturated rings. The molecule has 2 nitrogen and oxygen atoms in total. The summed E-state index contributed by atoms with van der Waals surface area (Å²) >= 11 is 12.1. The third kappa shape index (κ3) is 3.47. The predicted molar refractivity (Wildman–Crippen MR) is 75.2 cm³/mol. The molecule has 1 aromatic carbocycles. The van der Waals surface area contributed by atoms with Gasteiger partial charge in [-0.25, -0.2) is 0 Å². The normalized spacial score (nSPS) is 17.4. The Morgan fingerprint density at radius 3 is 2.61 bits per heavy atom. The van der Waals surface area contributed by atoms with Crippen LogP contribution in [0.3, 0.4) is 0 Å². The smallest absolute Gasteiger partial charge is 0.133 e. The van der Waals surface area contributed by atoms with Gasteiger partial charge in [0.2, 0.25) is 0 Å². The van der Waals surface area contributed by atoms with Crippen LogP contribution in [0, 0.1) is 0 Å². The Bertz CT molecular complexity index is 437. The lowest BCUT2D eigenvalue weighted by Crippen LogP contribution is -2.34. The fourth-order valence-corrected chi connectivity index (χ4v) is 2.80. The maximum Gasteiger partial charge on any atom is 0.133 e. The molecular weight excluding hydrogens is 269 g/mol. The molecule has 4 heteroatoms. The molecule has 0 spiro atoms. The van der Waals surface area contributed by atoms with Gasteiger partial charge in [0, 0.05) is 35.5 Å². The van der Waals surface area contributed by atoms with Crippen LogP contribution in [0.25, 0.3) is 0 Å². The van der Waals surface area contributed by atoms with E-state index in [1.807, 2.05) is 12.1 Å². The molecule has 0 atom stereocenters. The lowest BCUT2D eigenvalue weighted by molar-refractivity contribution is -0.121. The Balaban J connectivity index is 2.00. The van der Waals surface area contributed by atoms with E-state index in [2.05, 4.69) is 11.9 Å². The van der Waals surface area contributed by atoms with E-state index in [0.29, 0.717) is 29.7 Å². The number of carbonyl (C=O) groups is 1. The summed E-state index contributed by atoms with van der Waals surface area (Å²) in [6.45, 7) is 0.776. The van der Waals surface area contributed by atoms with E-state index in [0.717, 1.165) is 30.0 Å². The minimum absolute atomic E-state index is 0.389. The van der Waals surface area contributed by atoms with E-state index >= 15 is 0 Å². The second kappa shape index (κ2) is 6.05. The molecule has 1 saturated carbocycles. The summed E-state index contributed by atoms with van der Waals surface area (Å²) in [5, 5.41) is 1.46. The third-order valence-corrected chi connectivity index (χ3v) is 4.17. The van der Waals surface area contributed by atoms with Gasteiger partial charge in [-0.15, -0.1) is 0 Å². The van der Waals surface area contributed by atoms with Crippen LogP contribution in [0.5, 0.6) is 0 Å². The third-order valence-electron chi connectivity index (χ3n) is 3.56. The minimum atomic E-state index is 0.389. The first-order chi connectivity index (χ1) is 8.56. The molecule has 0 amide bonds. The predicted octanol–water partition coefficient (Wildman–Crippen LogP) is 3.94. The molecule has 2 rings (SSSR count). The Hall–Kier alpha value is -0.570. The zero-order valence-electron chi connectivity index (χ0n) is 10.5. The number of hydrogen-bond acceptors (Lipinski definition) is 2. The summed E-state index contributed by atoms with van der Waals surface area (Å²) in [6, 6.07) is 6.01. The summed E-state index contributed by atoms with van der Waals surface area (Å²) in [6.07, 6.45) is 3.32. The van der Waals surface area contributed by atoms with Crippen molar-refractivity contribution in [2.45, 2.75) is 38.3 Å². The van der Waals surface area contributed by atoms with Crippen LogP contribution in [-0.2, 0) is 11.3 Å². The van der Waals surface area contributed by atoms with Crippen molar-refractivity contribution in [1.29, 1.82) is 0 Å². The van der Waals surface area contributed by atoms with Gasteiger partial charge in [-0.2, -0.15) is 0 Å². The number of halogens is 2. The SMILES string of the molecule is CN(Cc1cc(Cl)ccc1Cl)C1CCC(=O)CC1. The van der Waals surface area contributed by atoms with E-state index in [-0.39, 0.29) is 0 Å². The molecule has 98 valence electrons. The highest BCUT2D eigenvalue weighted by Gasteiger charge is 2.22. The molecule has 0 aliphatic heterocycles. The number of carbonyl (C=O) groups excluding carboxylic acids is 1. The van der Waals surface area contributed by atoms with Crippen molar-refractivity contribution in [2.75, 3.05) is 7.05 Å². The summed E-state index contributed by atoms with van der Waals surface area (Å²) in [5.41, 5.74) is 1.04. The molecule has 0 aromatic heterocycles. The van der Waals surface area contributed by atoms with Gasteiger partial charge >= 0.3 is 0 Å². The topological polar surface area (TPSA) is 20.3 Å². The van der Waals surface area contributed by atoms with Crippen LogP contribution >= 0.6 is 23.2 Å². The van der Waals surface area contributed by atoms with E-state index < -0.39 is 0 Å². The number of ketones is 1. The average molecular weight is 286 g/mol. The molecule has 1 aromatic rings. The van der Waals surface area contributed by atoms with Crippen molar-refractivity contribution in [1.82, 2.24) is 4.90 Å². The van der Waals surface area contributed by atoms with Gasteiger partial charge in [0.15, 0.2) is 0 Å². The van der Waals surface area contributed by atoms with Crippen LogP contribution in [0.1, 0.15) is 31.2 Å². The minimum Gasteiger partial charge on any atom is -0.300 e. The lowest BCUT2D eigenvalue weighted by Gasteiger charge is -2.30. The molecule has 18 heavy (non-hydrogen) atoms. The Labute approximate surface area is 118 Å². The van der Waals surface area contributed by atoms with Crippen LogP contribution in [0.2, 0.25) is 10.0 Å². The van der Waals surface area contributed by atoms with Crippen LogP contribution in [0.4, 0.5) is 0 Å². The number of benzene rings is 1. The second-order valence-electron chi connectivity index (χ2n) is 4.92. The number of rotatable bonds is 3. The van der Waals surface area contributed by atoms with Gasteiger partial charge < -0.3 is 0 Å². The highest BCUT2D eigenvalue weighted by Crippen LogP contribution is 2.25. The second-order valence-corrected chi connectivity index (χ2v) is 5.76. The standard InChI is InChI=1S/C14H17Cl2NO/c1-17(12-3-5-13(18)6-4-12)9-10-8-11(15)2-7-14(10)16/h2,7-8,12H,3-6,9H2,1H3. The molecule has 0 unspecified atom stereocenters. The summed E-state index contributed by atoms with van der Waals surface area (Å²) < 4.78 is 0. The van der Waals surface area contributed by atoms with Gasteiger partial charge in [0.1, 0.15) is 5.78 Å². The van der Waals surface area contributed by atoms with E-state index in [4.69, 9.17) is 23.2 Å². The highest BCUT2D eigenvalue weighted by atomic mass is 35.5. The molecule has 0 heterocycles. The molecule has 1 aliphatic rings. The first kappa shape index (κ1) is 13.9. The molecule has 0 bridgehead atoms. The van der Waals surface area contributed by atoms with E-state index in [1.165, 1.54) is 0 Å². The molecular formula is C14H17Cl2NO. The molecule has 0 radical (unpaired) electrons. The maximum atomic E-state index is 11.2. The summed E-state index contributed by atoms with van der Waals surface area (Å²) in [5.74, 6) is 0.389. The molecule has 0 saturated heterocycles. The van der Waals surface area contributed by atoms with Crippen molar-refractivity contribution >= 4 is 29.0 Å². The van der Waals surface area contributed by atoms with Gasteiger partial charge in [-0.1, -0.05) is 23.2 Å². The summed E-state index contributed by atoms with van der Waals surface area (Å²) in [7, 11) is 2.08. The molecule has 0 N–H and O–H groups in total. The Morgan fingerprint density at radius 2 is 1.94 bits per heavy atom. The fourth-order valence-electron chi connectivity index (χ4n) is 2.43. The average Bonchev–Trinajstić information content (AvgIpc) is 2.34. The first-order valence-corrected chi connectivity index (χ1v) is 6.97. The zero-order chi connectivity index (χ0) is 13.1. The van der Waals surface area contributed by atoms with Crippen molar-refractivity contribution in [3.63, 3.8) is 0 Å². The van der Waals surface area contributed by atoms with Crippen molar-refractivity contribution in [2.24, 2.45) is 0 Å². The first-order valence-electron chi connectivity index (χ1n) is 6.22. The maximum absolute atomic E-state index is 11.2. The van der Waals surface area contributed by atoms with Crippen LogP contribution in [0.15, 0.2) is 18.2 Å². The number of nitrogens with zero attached hydrogens (tertiary/aromatic N) is 1. The quantitative estimate of drug-likeness (QED) is 0.839. The van der Waals surface area contributed by atoms with Crippen LogP contribution in [-0.4, -0.2) is 23.8 Å². The van der Waals surface area contributed by atoms with E-state index in [1.54, 1.807) is 6.07 Å². The van der Waals surface area contributed by atoms with E-state index in [9.17, 15) is 4.79 Å². The number of hydrogen-bond donors (Lipinski definition) is 0. The van der Waals surface area contributed by atoms with Gasteiger partial charge in [0.25, 0.3) is 0 Å². The lowest BCUT2D eigenvalue weighted by atomic mass is 9.93. The van der Waals surface area contributed by atoms with Crippen molar-refractivity contribution in [3.8, 4) is 0 Å². The van der Waals surface area contributed by atoms with Gasteiger partial charge in [0.05, 0.1) is 0 Å². The zero-order valence-corrected chi connectivity index (χ0v) is 12.0. The fraction of sp³-hybridized carbons (Fsp3) is 0.500. The van der Waals surface area contributed by atoms with Crippen molar-refractivity contribution in [3.05, 3.63) is 33.8 Å². The van der Waals surface area contributed by atoms with Gasteiger partial charge in [-0.3, -0.25) is 9.69 Å². The van der Waals surface area contributed by atoms with Gasteiger partial charge in [-0.05, 0) is 43.7 Å². The summed E-state index contributed by atoms with van der Waals surface area (Å²) in [4.78, 5) is 13.5. The number of Topliss-reactive ketones (excluding diaryl/α,β-unsaturated/α-hetero) is 1. The van der Waals surface area contributed by atoms with Crippen LogP contribution < -0.4 is 0 Å². The largest absolute Gasteiger partial charge is 0.300 e. The monoisotopic (exact) mass is 285 g/mol.